The summed E-state index contributed by atoms with van der Waals surface area (Å²) < 4.78 is 10.8. The molecule has 0 fully saturated rings. The molecule has 0 aliphatic heterocycles. The van der Waals surface area contributed by atoms with Gasteiger partial charge in [0.2, 0.25) is 5.91 Å². The van der Waals surface area contributed by atoms with Gasteiger partial charge in [-0.2, -0.15) is 0 Å². The third-order valence-corrected chi connectivity index (χ3v) is 7.20. The highest BCUT2D eigenvalue weighted by Gasteiger charge is 2.40. The van der Waals surface area contributed by atoms with E-state index in [1.807, 2.05) is 20.8 Å². The van der Waals surface area contributed by atoms with Gasteiger partial charge in [-0.3, -0.25) is 19.2 Å². The zero-order valence-electron chi connectivity index (χ0n) is 25.0. The summed E-state index contributed by atoms with van der Waals surface area (Å²) in [4.78, 5) is 60.8. The summed E-state index contributed by atoms with van der Waals surface area (Å²) in [6, 6.07) is -1.29. The monoisotopic (exact) mass is 558 g/mol. The molecule has 0 radical (unpaired) electrons. The molecular formula is C28H50N2O9. The molecule has 0 rings (SSSR count). The van der Waals surface area contributed by atoms with Crippen molar-refractivity contribution in [3.63, 3.8) is 0 Å². The Balaban J connectivity index is 4.73. The summed E-state index contributed by atoms with van der Waals surface area (Å²) in [6.45, 7) is 14.9. The Hall–Kier alpha value is -2.37. The molecule has 3 atom stereocenters. The van der Waals surface area contributed by atoms with Gasteiger partial charge in [0.1, 0.15) is 12.6 Å². The Morgan fingerprint density at radius 1 is 0.872 bits per heavy atom. The number of carboxylic acids is 2. The van der Waals surface area contributed by atoms with Gasteiger partial charge in [-0.15, -0.1) is 0 Å². The topological polar surface area (TPSA) is 168 Å². The van der Waals surface area contributed by atoms with Crippen molar-refractivity contribution in [1.29, 1.82) is 0 Å². The van der Waals surface area contributed by atoms with Crippen molar-refractivity contribution in [3.05, 3.63) is 0 Å². The predicted octanol–water partition coefficient (Wildman–Crippen LogP) is 2.84. The predicted molar refractivity (Wildman–Crippen MR) is 146 cm³/mol. The highest BCUT2D eigenvalue weighted by Crippen LogP contribution is 2.34. The molecule has 39 heavy (non-hydrogen) atoms. The average molecular weight is 559 g/mol. The molecule has 0 aliphatic rings. The van der Waals surface area contributed by atoms with E-state index in [4.69, 9.17) is 9.47 Å². The van der Waals surface area contributed by atoms with Crippen LogP contribution in [0.1, 0.15) is 87.5 Å². The van der Waals surface area contributed by atoms with Crippen LogP contribution in [0.4, 0.5) is 0 Å². The molecule has 1 amide bonds. The number of Topliss-reactive ketones (excluding diaryl/α,β-unsaturated/α-hetero) is 2. The lowest BCUT2D eigenvalue weighted by molar-refractivity contribution is -0.151. The van der Waals surface area contributed by atoms with Crippen LogP contribution in [0.5, 0.6) is 0 Å². The van der Waals surface area contributed by atoms with Crippen molar-refractivity contribution < 1.29 is 43.7 Å². The van der Waals surface area contributed by atoms with Gasteiger partial charge in [0.05, 0.1) is 30.8 Å². The normalized spacial score (nSPS) is 15.2. The largest absolute Gasteiger partial charge is 0.481 e. The fourth-order valence-corrected chi connectivity index (χ4v) is 4.01. The van der Waals surface area contributed by atoms with Crippen molar-refractivity contribution in [2.45, 2.75) is 99.1 Å². The van der Waals surface area contributed by atoms with E-state index in [9.17, 15) is 34.2 Å². The second-order valence-electron chi connectivity index (χ2n) is 11.6. The van der Waals surface area contributed by atoms with Crippen molar-refractivity contribution in [2.24, 2.45) is 16.7 Å². The number of ether oxygens (including phenoxy) is 2. The SMILES string of the molecule is CCC(C)C(=O)COCCOCCNC(C)(CC)C(=O)CC[C@H](NC(=O)C(C)(C)CC(C)(C)C(=O)O)C(=O)O. The van der Waals surface area contributed by atoms with Gasteiger partial charge < -0.3 is 30.3 Å². The first-order chi connectivity index (χ1) is 17.9. The summed E-state index contributed by atoms with van der Waals surface area (Å²) in [5.41, 5.74) is -3.21. The first kappa shape index (κ1) is 36.6. The molecule has 0 bridgehead atoms. The summed E-state index contributed by atoms with van der Waals surface area (Å²) in [5.74, 6) is -3.06. The van der Waals surface area contributed by atoms with E-state index in [1.54, 1.807) is 20.8 Å². The van der Waals surface area contributed by atoms with E-state index in [1.165, 1.54) is 13.8 Å². The van der Waals surface area contributed by atoms with Gasteiger partial charge in [0.15, 0.2) is 11.6 Å². The number of rotatable bonds is 22. The smallest absolute Gasteiger partial charge is 0.326 e. The summed E-state index contributed by atoms with van der Waals surface area (Å²) in [7, 11) is 0. The number of nitrogens with one attached hydrogen (secondary N) is 2. The summed E-state index contributed by atoms with van der Waals surface area (Å²) >= 11 is 0. The third kappa shape index (κ3) is 13.0. The third-order valence-electron chi connectivity index (χ3n) is 7.20. The molecule has 0 aromatic carbocycles. The molecule has 0 aromatic rings. The molecule has 2 unspecified atom stereocenters. The molecule has 0 heterocycles. The van der Waals surface area contributed by atoms with Crippen LogP contribution in [0.15, 0.2) is 0 Å². The minimum Gasteiger partial charge on any atom is -0.481 e. The Bertz CT molecular complexity index is 841. The fourth-order valence-electron chi connectivity index (χ4n) is 4.01. The number of amides is 1. The van der Waals surface area contributed by atoms with Crippen LogP contribution in [0.2, 0.25) is 0 Å². The molecule has 0 spiro atoms. The molecule has 4 N–H and O–H groups in total. The average Bonchev–Trinajstić information content (AvgIpc) is 2.85. The Morgan fingerprint density at radius 3 is 1.97 bits per heavy atom. The van der Waals surface area contributed by atoms with Crippen LogP contribution in [0.25, 0.3) is 0 Å². The van der Waals surface area contributed by atoms with Crippen LogP contribution in [-0.4, -0.2) is 84.2 Å². The van der Waals surface area contributed by atoms with Gasteiger partial charge in [-0.25, -0.2) is 4.79 Å². The molecule has 11 heteroatoms. The minimum atomic E-state index is -1.29. The first-order valence-corrected chi connectivity index (χ1v) is 13.7. The van der Waals surface area contributed by atoms with E-state index in [-0.39, 0.29) is 43.4 Å². The van der Waals surface area contributed by atoms with Gasteiger partial charge in [0.25, 0.3) is 0 Å². The van der Waals surface area contributed by atoms with E-state index < -0.39 is 40.3 Å². The lowest BCUT2D eigenvalue weighted by atomic mass is 9.74. The zero-order valence-corrected chi connectivity index (χ0v) is 25.0. The molecule has 0 saturated heterocycles. The van der Waals surface area contributed by atoms with E-state index in [0.29, 0.717) is 32.8 Å². The van der Waals surface area contributed by atoms with Crippen LogP contribution in [-0.2, 0) is 33.4 Å². The minimum absolute atomic E-state index is 0.00858. The number of carbonyl (C=O) groups is 5. The second kappa shape index (κ2) is 16.7. The number of ketones is 2. The maximum atomic E-state index is 13.0. The first-order valence-electron chi connectivity index (χ1n) is 13.7. The molecular weight excluding hydrogens is 508 g/mol. The molecule has 226 valence electrons. The van der Waals surface area contributed by atoms with Gasteiger partial charge in [-0.1, -0.05) is 34.6 Å². The lowest BCUT2D eigenvalue weighted by Gasteiger charge is -2.32. The van der Waals surface area contributed by atoms with Crippen LogP contribution >= 0.6 is 0 Å². The van der Waals surface area contributed by atoms with Crippen molar-refractivity contribution in [2.75, 3.05) is 33.0 Å². The van der Waals surface area contributed by atoms with Crippen molar-refractivity contribution >= 4 is 29.4 Å². The molecule has 0 aromatic heterocycles. The number of carbonyl (C=O) groups excluding carboxylic acids is 3. The summed E-state index contributed by atoms with van der Waals surface area (Å²) in [6.07, 6.45) is 1.08. The van der Waals surface area contributed by atoms with Gasteiger partial charge in [0, 0.05) is 24.3 Å². The standard InChI is InChI=1S/C28H50N2O9/c1-9-19(3)21(31)17-39-16-15-38-14-13-29-28(8,10-2)22(32)12-11-20(23(33)34)30-24(35)26(4,5)18-27(6,7)25(36)37/h19-20,29H,9-18H2,1-8H3,(H,30,35)(H,33,34)(H,36,37)/t19?,20-,28?/m0/s1. The molecule has 0 aliphatic carbocycles. The quantitative estimate of drug-likeness (QED) is 0.145. The lowest BCUT2D eigenvalue weighted by Crippen LogP contribution is -2.51. The van der Waals surface area contributed by atoms with Gasteiger partial charge >= 0.3 is 11.9 Å². The fraction of sp³-hybridized carbons (Fsp3) is 0.821. The van der Waals surface area contributed by atoms with Crippen molar-refractivity contribution in [3.8, 4) is 0 Å². The number of carboxylic acid groups (broad SMARTS) is 2. The Morgan fingerprint density at radius 2 is 1.46 bits per heavy atom. The highest BCUT2D eigenvalue weighted by atomic mass is 16.5. The van der Waals surface area contributed by atoms with E-state index >= 15 is 0 Å². The van der Waals surface area contributed by atoms with Crippen molar-refractivity contribution in [1.82, 2.24) is 10.6 Å². The van der Waals surface area contributed by atoms with Crippen LogP contribution < -0.4 is 10.6 Å². The number of hydrogen-bond acceptors (Lipinski definition) is 8. The molecule has 0 saturated carbocycles. The Kier molecular flexibility index (Phi) is 15.7. The summed E-state index contributed by atoms with van der Waals surface area (Å²) in [5, 5.41) is 24.7. The van der Waals surface area contributed by atoms with Crippen LogP contribution in [0.3, 0.4) is 0 Å². The van der Waals surface area contributed by atoms with Gasteiger partial charge in [-0.05, 0) is 46.5 Å². The van der Waals surface area contributed by atoms with Crippen LogP contribution in [0, 0.1) is 16.7 Å². The number of hydrogen-bond donors (Lipinski definition) is 4. The second-order valence-corrected chi connectivity index (χ2v) is 11.6. The van der Waals surface area contributed by atoms with E-state index in [0.717, 1.165) is 6.42 Å². The highest BCUT2D eigenvalue weighted by molar-refractivity contribution is 5.90. The number of aliphatic carboxylic acids is 2. The zero-order chi connectivity index (χ0) is 30.4. The van der Waals surface area contributed by atoms with E-state index in [2.05, 4.69) is 10.6 Å². The Labute approximate surface area is 232 Å². The molecule has 11 nitrogen and oxygen atoms in total. The maximum Gasteiger partial charge on any atom is 0.326 e. The maximum absolute atomic E-state index is 13.0.